The van der Waals surface area contributed by atoms with Crippen LogP contribution in [-0.2, 0) is 0 Å². The van der Waals surface area contributed by atoms with Gasteiger partial charge >= 0.3 is 0 Å². The first kappa shape index (κ1) is 14.7. The first-order chi connectivity index (χ1) is 8.45. The molecule has 0 amide bonds. The van der Waals surface area contributed by atoms with Gasteiger partial charge in [0.25, 0.3) is 12.1 Å². The van der Waals surface area contributed by atoms with Crippen LogP contribution in [0, 0.1) is 10.1 Å². The van der Waals surface area contributed by atoms with Gasteiger partial charge in [0.15, 0.2) is 0 Å². The Labute approximate surface area is 108 Å². The van der Waals surface area contributed by atoms with Gasteiger partial charge < -0.3 is 5.32 Å². The Morgan fingerprint density at radius 3 is 2.67 bits per heavy atom. The molecule has 1 atom stereocenters. The third-order valence-corrected chi connectivity index (χ3v) is 3.43. The van der Waals surface area contributed by atoms with Gasteiger partial charge in [-0.05, 0) is 12.3 Å². The van der Waals surface area contributed by atoms with Crippen molar-refractivity contribution in [2.24, 2.45) is 0 Å². The molecule has 1 unspecified atom stereocenters. The fourth-order valence-electron chi connectivity index (χ4n) is 1.34. The predicted molar refractivity (Wildman–Crippen MR) is 69.5 cm³/mol. The Bertz CT molecular complexity index is 430. The van der Waals surface area contributed by atoms with E-state index < -0.39 is 11.3 Å². The maximum atomic E-state index is 12.8. The van der Waals surface area contributed by atoms with E-state index in [1.165, 1.54) is 12.1 Å². The van der Waals surface area contributed by atoms with Gasteiger partial charge in [0, 0.05) is 35.2 Å². The average molecular weight is 276 g/mol. The fraction of sp³-hybridized carbons (Fsp3) is 0.455. The lowest BCUT2D eigenvalue weighted by Crippen LogP contribution is -2.14. The molecule has 1 N–H and O–H groups in total. The number of nitro benzene ring substituents is 1. The van der Waals surface area contributed by atoms with Crippen LogP contribution in [0.3, 0.4) is 0 Å². The number of anilines is 1. The van der Waals surface area contributed by atoms with Crippen molar-refractivity contribution in [3.05, 3.63) is 33.9 Å². The molecule has 0 fully saturated rings. The Balaban J connectivity index is 2.93. The van der Waals surface area contributed by atoms with Crippen LogP contribution in [0.5, 0.6) is 0 Å². The van der Waals surface area contributed by atoms with Crippen LogP contribution in [0.15, 0.2) is 18.2 Å². The summed E-state index contributed by atoms with van der Waals surface area (Å²) in [6.45, 7) is 2.49. The zero-order valence-corrected chi connectivity index (χ0v) is 10.8. The van der Waals surface area contributed by atoms with E-state index in [-0.39, 0.29) is 22.2 Å². The van der Waals surface area contributed by atoms with E-state index in [4.69, 9.17) is 0 Å². The number of hydrogen-bond acceptors (Lipinski definition) is 4. The molecule has 0 radical (unpaired) electrons. The smallest absolute Gasteiger partial charge is 0.270 e. The molecule has 0 spiro atoms. The topological polar surface area (TPSA) is 55.2 Å². The zero-order chi connectivity index (χ0) is 13.7. The van der Waals surface area contributed by atoms with Crippen molar-refractivity contribution in [2.75, 3.05) is 18.1 Å². The second-order valence-corrected chi connectivity index (χ2v) is 5.03. The summed E-state index contributed by atoms with van der Waals surface area (Å²) in [5.74, 6) is 0. The lowest BCUT2D eigenvalue weighted by molar-refractivity contribution is -0.385. The first-order valence-corrected chi connectivity index (χ1v) is 6.57. The lowest BCUT2D eigenvalue weighted by Gasteiger charge is -2.14. The monoisotopic (exact) mass is 276 g/mol. The summed E-state index contributed by atoms with van der Waals surface area (Å²) >= 11 is 1.61. The average Bonchev–Trinajstić information content (AvgIpc) is 2.35. The normalized spacial score (nSPS) is 12.5. The van der Waals surface area contributed by atoms with Gasteiger partial charge in [-0.2, -0.15) is 11.8 Å². The first-order valence-electron chi connectivity index (χ1n) is 5.29. The van der Waals surface area contributed by atoms with Crippen LogP contribution in [-0.4, -0.2) is 23.0 Å². The summed E-state index contributed by atoms with van der Waals surface area (Å²) in [4.78, 5) is 9.86. The Hall–Kier alpha value is -1.37. The number of rotatable bonds is 6. The lowest BCUT2D eigenvalue weighted by atomic mass is 10.1. The van der Waals surface area contributed by atoms with E-state index in [1.54, 1.807) is 11.8 Å². The summed E-state index contributed by atoms with van der Waals surface area (Å²) in [5.41, 5.74) is -0.414. The number of non-ortho nitro benzene ring substituents is 1. The molecule has 18 heavy (non-hydrogen) atoms. The molecule has 0 aliphatic heterocycles. The zero-order valence-electron chi connectivity index (χ0n) is 10.0. The SMILES string of the molecule is CSC(C)CNc1ccc([N+](=O)[O-])cc1C(F)F. The molecule has 1 rings (SSSR count). The molecule has 0 heterocycles. The van der Waals surface area contributed by atoms with Crippen molar-refractivity contribution in [2.45, 2.75) is 18.6 Å². The van der Waals surface area contributed by atoms with Gasteiger partial charge in [0.1, 0.15) is 0 Å². The van der Waals surface area contributed by atoms with Crippen LogP contribution >= 0.6 is 11.8 Å². The molecule has 0 aliphatic rings. The number of hydrogen-bond donors (Lipinski definition) is 1. The van der Waals surface area contributed by atoms with Crippen LogP contribution in [0.4, 0.5) is 20.2 Å². The molecule has 7 heteroatoms. The fourth-order valence-corrected chi connectivity index (χ4v) is 1.59. The van der Waals surface area contributed by atoms with Gasteiger partial charge in [-0.25, -0.2) is 8.78 Å². The maximum Gasteiger partial charge on any atom is 0.270 e. The van der Waals surface area contributed by atoms with Crippen LogP contribution in [0.1, 0.15) is 18.9 Å². The largest absolute Gasteiger partial charge is 0.384 e. The van der Waals surface area contributed by atoms with E-state index in [0.717, 1.165) is 6.07 Å². The molecule has 0 saturated carbocycles. The van der Waals surface area contributed by atoms with Crippen molar-refractivity contribution in [1.29, 1.82) is 0 Å². The molecular weight excluding hydrogens is 262 g/mol. The van der Waals surface area contributed by atoms with Crippen molar-refractivity contribution in [1.82, 2.24) is 0 Å². The molecule has 1 aromatic carbocycles. The predicted octanol–water partition coefficient (Wildman–Crippen LogP) is 3.70. The van der Waals surface area contributed by atoms with Crippen LogP contribution in [0.25, 0.3) is 0 Å². The van der Waals surface area contributed by atoms with Gasteiger partial charge in [0.2, 0.25) is 0 Å². The third-order valence-electron chi connectivity index (χ3n) is 2.46. The highest BCUT2D eigenvalue weighted by Crippen LogP contribution is 2.30. The second kappa shape index (κ2) is 6.53. The van der Waals surface area contributed by atoms with E-state index in [9.17, 15) is 18.9 Å². The molecule has 0 bridgehead atoms. The van der Waals surface area contributed by atoms with Gasteiger partial charge in [-0.15, -0.1) is 0 Å². The van der Waals surface area contributed by atoms with Crippen LogP contribution < -0.4 is 5.32 Å². The Morgan fingerprint density at radius 1 is 1.50 bits per heavy atom. The van der Waals surface area contributed by atoms with Gasteiger partial charge in [-0.3, -0.25) is 10.1 Å². The number of benzene rings is 1. The Kier molecular flexibility index (Phi) is 5.33. The molecule has 0 aliphatic carbocycles. The number of nitro groups is 1. The van der Waals surface area contributed by atoms with Gasteiger partial charge in [0.05, 0.1) is 4.92 Å². The third kappa shape index (κ3) is 3.83. The molecule has 1 aromatic rings. The van der Waals surface area contributed by atoms with Crippen molar-refractivity contribution in [3.63, 3.8) is 0 Å². The highest BCUT2D eigenvalue weighted by Gasteiger charge is 2.18. The summed E-state index contributed by atoms with van der Waals surface area (Å²) < 4.78 is 25.6. The minimum Gasteiger partial charge on any atom is -0.384 e. The number of thioether (sulfide) groups is 1. The number of alkyl halides is 2. The van der Waals surface area contributed by atoms with Crippen molar-refractivity contribution in [3.8, 4) is 0 Å². The standard InChI is InChI=1S/C11H14F2N2O2S/c1-7(18-2)6-14-10-4-3-8(15(16)17)5-9(10)11(12)13/h3-5,7,11,14H,6H2,1-2H3. The summed E-state index contributed by atoms with van der Waals surface area (Å²) in [5, 5.41) is 13.7. The molecule has 100 valence electrons. The summed E-state index contributed by atoms with van der Waals surface area (Å²) in [7, 11) is 0. The van der Waals surface area contributed by atoms with E-state index in [1.807, 2.05) is 13.2 Å². The summed E-state index contributed by atoms with van der Waals surface area (Å²) in [6, 6.07) is 3.46. The van der Waals surface area contributed by atoms with Crippen molar-refractivity contribution >= 4 is 23.1 Å². The number of nitrogens with one attached hydrogen (secondary N) is 1. The van der Waals surface area contributed by atoms with Gasteiger partial charge in [-0.1, -0.05) is 6.92 Å². The highest BCUT2D eigenvalue weighted by atomic mass is 32.2. The van der Waals surface area contributed by atoms with E-state index in [2.05, 4.69) is 5.32 Å². The molecule has 0 aromatic heterocycles. The maximum absolute atomic E-state index is 12.8. The summed E-state index contributed by atoms with van der Waals surface area (Å²) in [6.07, 6.45) is -0.812. The van der Waals surface area contributed by atoms with E-state index >= 15 is 0 Å². The van der Waals surface area contributed by atoms with E-state index in [0.29, 0.717) is 6.54 Å². The molecular formula is C11H14F2N2O2S. The molecule has 4 nitrogen and oxygen atoms in total. The van der Waals surface area contributed by atoms with Crippen molar-refractivity contribution < 1.29 is 13.7 Å². The number of nitrogens with zero attached hydrogens (tertiary/aromatic N) is 1. The minimum atomic E-state index is -2.74. The highest BCUT2D eigenvalue weighted by molar-refractivity contribution is 7.99. The quantitative estimate of drug-likeness (QED) is 0.636. The minimum absolute atomic E-state index is 0.247. The number of halogens is 2. The van der Waals surface area contributed by atoms with Crippen LogP contribution in [0.2, 0.25) is 0 Å². The Morgan fingerprint density at radius 2 is 2.17 bits per heavy atom. The molecule has 0 saturated heterocycles. The second-order valence-electron chi connectivity index (χ2n) is 3.76.